The number of alkyl halides is 3. The molecule has 0 saturated heterocycles. The van der Waals surface area contributed by atoms with Crippen LogP contribution in [0.2, 0.25) is 5.02 Å². The molecule has 0 atom stereocenters. The van der Waals surface area contributed by atoms with Gasteiger partial charge in [0.25, 0.3) is 0 Å². The van der Waals surface area contributed by atoms with Gasteiger partial charge in [0.15, 0.2) is 3.79 Å². The van der Waals surface area contributed by atoms with E-state index < -0.39 is 3.79 Å². The van der Waals surface area contributed by atoms with E-state index in [2.05, 4.69) is 4.98 Å². The summed E-state index contributed by atoms with van der Waals surface area (Å²) in [6.45, 7) is 0. The summed E-state index contributed by atoms with van der Waals surface area (Å²) in [5, 5.41) is 0.614. The molecule has 0 spiro atoms. The quantitative estimate of drug-likeness (QED) is 0.737. The maximum Gasteiger partial charge on any atom is 0.226 e. The van der Waals surface area contributed by atoms with Crippen LogP contribution in [0.3, 0.4) is 0 Å². The van der Waals surface area contributed by atoms with Crippen molar-refractivity contribution < 1.29 is 4.42 Å². The summed E-state index contributed by atoms with van der Waals surface area (Å²) in [5.41, 5.74) is 0.785. The minimum Gasteiger partial charge on any atom is -0.441 e. The van der Waals surface area contributed by atoms with Gasteiger partial charge in [-0.2, -0.15) is 0 Å². The molecule has 2 aromatic rings. The van der Waals surface area contributed by atoms with Crippen LogP contribution in [0.25, 0.3) is 11.5 Å². The van der Waals surface area contributed by atoms with Crippen LogP contribution >= 0.6 is 46.4 Å². The molecule has 0 radical (unpaired) electrons. The highest BCUT2D eigenvalue weighted by Crippen LogP contribution is 2.31. The number of nitrogens with zero attached hydrogens (tertiary/aromatic N) is 1. The number of benzene rings is 1. The summed E-state index contributed by atoms with van der Waals surface area (Å²) in [5.74, 6) is 0.969. The SMILES string of the molecule is Clc1cccc(-c2ncc(CC(Cl)(Cl)Cl)o2)c1. The summed E-state index contributed by atoms with van der Waals surface area (Å²) in [7, 11) is 0. The van der Waals surface area contributed by atoms with Crippen molar-refractivity contribution in [3.05, 3.63) is 41.2 Å². The van der Waals surface area contributed by atoms with Crippen molar-refractivity contribution in [2.45, 2.75) is 10.2 Å². The van der Waals surface area contributed by atoms with Gasteiger partial charge in [-0.3, -0.25) is 0 Å². The lowest BCUT2D eigenvalue weighted by molar-refractivity contribution is 0.519. The number of hydrogen-bond acceptors (Lipinski definition) is 2. The van der Waals surface area contributed by atoms with Gasteiger partial charge in [-0.05, 0) is 18.2 Å². The van der Waals surface area contributed by atoms with Gasteiger partial charge < -0.3 is 4.42 Å². The number of aromatic nitrogens is 1. The van der Waals surface area contributed by atoms with Crippen molar-refractivity contribution >= 4 is 46.4 Å². The summed E-state index contributed by atoms with van der Waals surface area (Å²) in [6.07, 6.45) is 1.71. The molecule has 0 bridgehead atoms. The van der Waals surface area contributed by atoms with Gasteiger partial charge in [0.1, 0.15) is 5.76 Å². The van der Waals surface area contributed by atoms with E-state index >= 15 is 0 Å². The fourth-order valence-corrected chi connectivity index (χ4v) is 1.93. The minimum atomic E-state index is -1.38. The van der Waals surface area contributed by atoms with Gasteiger partial charge in [-0.1, -0.05) is 52.5 Å². The molecule has 0 aliphatic heterocycles. The molecule has 2 rings (SSSR count). The molecule has 17 heavy (non-hydrogen) atoms. The lowest BCUT2D eigenvalue weighted by Gasteiger charge is -2.06. The first-order valence-corrected chi connectivity index (χ1v) is 6.22. The maximum absolute atomic E-state index is 5.88. The van der Waals surface area contributed by atoms with E-state index in [1.807, 2.05) is 12.1 Å². The lowest BCUT2D eigenvalue weighted by atomic mass is 10.2. The summed E-state index contributed by atoms with van der Waals surface area (Å²) >= 11 is 22.9. The van der Waals surface area contributed by atoms with Crippen molar-refractivity contribution in [2.75, 3.05) is 0 Å². The molecule has 0 amide bonds. The summed E-state index contributed by atoms with van der Waals surface area (Å²) < 4.78 is 4.09. The van der Waals surface area contributed by atoms with Gasteiger partial charge in [0.2, 0.25) is 5.89 Å². The van der Waals surface area contributed by atoms with Crippen LogP contribution in [0.1, 0.15) is 5.76 Å². The molecule has 0 aliphatic carbocycles. The van der Waals surface area contributed by atoms with E-state index in [1.54, 1.807) is 12.1 Å². The number of halogens is 4. The zero-order chi connectivity index (χ0) is 12.5. The second kappa shape index (κ2) is 5.07. The first kappa shape index (κ1) is 13.0. The Bertz CT molecular complexity index is 518. The average molecular weight is 311 g/mol. The minimum absolute atomic E-state index is 0.172. The molecule has 0 N–H and O–H groups in total. The van der Waals surface area contributed by atoms with Crippen LogP contribution in [-0.4, -0.2) is 8.78 Å². The highest BCUT2D eigenvalue weighted by molar-refractivity contribution is 6.67. The number of oxazole rings is 1. The Morgan fingerprint density at radius 2 is 2.00 bits per heavy atom. The van der Waals surface area contributed by atoms with Crippen LogP contribution < -0.4 is 0 Å². The normalized spacial score (nSPS) is 11.8. The van der Waals surface area contributed by atoms with Crippen molar-refractivity contribution in [2.24, 2.45) is 0 Å². The predicted octanol–water partition coefficient (Wildman–Crippen LogP) is 4.91. The third-order valence-electron chi connectivity index (χ3n) is 2.00. The average Bonchev–Trinajstić information content (AvgIpc) is 2.63. The number of hydrogen-bond donors (Lipinski definition) is 0. The monoisotopic (exact) mass is 309 g/mol. The van der Waals surface area contributed by atoms with Crippen LogP contribution in [0, 0.1) is 0 Å². The standard InChI is InChI=1S/C11H7Cl4NO/c12-8-3-1-2-7(4-8)10-16-6-9(17-10)5-11(13,14)15/h1-4,6H,5H2. The highest BCUT2D eigenvalue weighted by Gasteiger charge is 2.23. The van der Waals surface area contributed by atoms with Crippen LogP contribution in [-0.2, 0) is 6.42 Å². The van der Waals surface area contributed by atoms with E-state index in [1.165, 1.54) is 6.20 Å². The molecule has 0 fully saturated rings. The van der Waals surface area contributed by atoms with Crippen LogP contribution in [0.5, 0.6) is 0 Å². The molecule has 2 nitrogen and oxygen atoms in total. The van der Waals surface area contributed by atoms with Crippen molar-refractivity contribution in [1.29, 1.82) is 0 Å². The Morgan fingerprint density at radius 3 is 2.65 bits per heavy atom. The molecule has 90 valence electrons. The summed E-state index contributed by atoms with van der Waals surface area (Å²) in [6, 6.07) is 7.19. The second-order valence-corrected chi connectivity index (χ2v) is 6.39. The molecular weight excluding hydrogens is 304 g/mol. The molecule has 0 aliphatic rings. The number of rotatable bonds is 2. The van der Waals surface area contributed by atoms with Gasteiger partial charge >= 0.3 is 0 Å². The maximum atomic E-state index is 5.88. The Labute approximate surface area is 118 Å². The van der Waals surface area contributed by atoms with Gasteiger partial charge in [-0.25, -0.2) is 4.98 Å². The topological polar surface area (TPSA) is 26.0 Å². The first-order chi connectivity index (χ1) is 7.94. The Balaban J connectivity index is 2.24. The molecular formula is C11H7Cl4NO. The zero-order valence-electron chi connectivity index (χ0n) is 8.46. The third-order valence-corrected chi connectivity index (χ3v) is 2.64. The van der Waals surface area contributed by atoms with Gasteiger partial charge in [0, 0.05) is 10.6 Å². The molecule has 6 heteroatoms. The Hall–Kier alpha value is -0.410. The van der Waals surface area contributed by atoms with Crippen molar-refractivity contribution in [1.82, 2.24) is 4.98 Å². The Morgan fingerprint density at radius 1 is 1.24 bits per heavy atom. The van der Waals surface area contributed by atoms with E-state index in [-0.39, 0.29) is 6.42 Å². The highest BCUT2D eigenvalue weighted by atomic mass is 35.6. The van der Waals surface area contributed by atoms with E-state index in [9.17, 15) is 0 Å². The first-order valence-electron chi connectivity index (χ1n) is 4.71. The molecule has 1 aromatic carbocycles. The van der Waals surface area contributed by atoms with Gasteiger partial charge in [0.05, 0.1) is 12.6 Å². The van der Waals surface area contributed by atoms with Crippen LogP contribution in [0.15, 0.2) is 34.9 Å². The fraction of sp³-hybridized carbons (Fsp3) is 0.182. The lowest BCUT2D eigenvalue weighted by Crippen LogP contribution is -2.05. The predicted molar refractivity (Wildman–Crippen MR) is 70.9 cm³/mol. The van der Waals surface area contributed by atoms with Crippen LogP contribution in [0.4, 0.5) is 0 Å². The summed E-state index contributed by atoms with van der Waals surface area (Å²) in [4.78, 5) is 4.11. The van der Waals surface area contributed by atoms with Crippen molar-refractivity contribution in [3.63, 3.8) is 0 Å². The molecule has 0 unspecified atom stereocenters. The Kier molecular flexibility index (Phi) is 3.88. The van der Waals surface area contributed by atoms with E-state index in [4.69, 9.17) is 50.8 Å². The van der Waals surface area contributed by atoms with Gasteiger partial charge in [-0.15, -0.1) is 0 Å². The second-order valence-electron chi connectivity index (χ2n) is 3.43. The zero-order valence-corrected chi connectivity index (χ0v) is 11.5. The van der Waals surface area contributed by atoms with E-state index in [0.717, 1.165) is 5.56 Å². The fourth-order valence-electron chi connectivity index (χ4n) is 1.34. The van der Waals surface area contributed by atoms with Crippen molar-refractivity contribution in [3.8, 4) is 11.5 Å². The molecule has 1 aromatic heterocycles. The molecule has 0 saturated carbocycles. The third kappa shape index (κ3) is 3.78. The largest absolute Gasteiger partial charge is 0.441 e. The smallest absolute Gasteiger partial charge is 0.226 e. The molecule has 1 heterocycles. The van der Waals surface area contributed by atoms with E-state index in [0.29, 0.717) is 16.7 Å².